The Labute approximate surface area is 257 Å². The molecule has 0 spiro atoms. The molecule has 3 aliphatic heterocycles. The van der Waals surface area contributed by atoms with Crippen LogP contribution in [0.25, 0.3) is 22.2 Å². The zero-order valence-electron chi connectivity index (χ0n) is 23.5. The molecule has 46 heavy (non-hydrogen) atoms. The summed E-state index contributed by atoms with van der Waals surface area (Å²) in [4.78, 5) is 48.7. The SMILES string of the molecule is NC[C@H]1[C@H]2OP(=O)(O)OC[C@H]3O[C@@H](n4ccc5c(N)ccnc54)[C@H](O)[C@@H]3OP(=O)(O)OC[C@H]1O[C@H]2n1cnc2c(=O)[nH]c(N)nc21. The summed E-state index contributed by atoms with van der Waals surface area (Å²) >= 11 is 0. The summed E-state index contributed by atoms with van der Waals surface area (Å²) in [5, 5.41) is 11.8. The summed E-state index contributed by atoms with van der Waals surface area (Å²) in [7, 11) is -9.98. The molecule has 0 amide bonds. The number of nitrogens with zero attached hydrogens (tertiary/aromatic N) is 5. The van der Waals surface area contributed by atoms with Gasteiger partial charge < -0.3 is 46.1 Å². The molecule has 0 radical (unpaired) electrons. The first-order valence-electron chi connectivity index (χ1n) is 13.8. The number of ether oxygens (including phenoxy) is 2. The van der Waals surface area contributed by atoms with Gasteiger partial charge >= 0.3 is 15.6 Å². The number of anilines is 2. The van der Waals surface area contributed by atoms with Gasteiger partial charge in [0.25, 0.3) is 5.56 Å². The third-order valence-corrected chi connectivity index (χ3v) is 10.0. The predicted octanol–water partition coefficient (Wildman–Crippen LogP) is -0.917. The number of nitrogen functional groups attached to an aromatic ring is 2. The Kier molecular flexibility index (Phi) is 7.79. The van der Waals surface area contributed by atoms with E-state index in [9.17, 15) is 28.8 Å². The van der Waals surface area contributed by atoms with Gasteiger partial charge in [0.15, 0.2) is 23.6 Å². The molecule has 7 rings (SSSR count). The Hall–Kier alpha value is -3.30. The van der Waals surface area contributed by atoms with Crippen molar-refractivity contribution in [1.82, 2.24) is 29.1 Å². The van der Waals surface area contributed by atoms with E-state index in [4.69, 9.17) is 44.8 Å². The number of phosphoric ester groups is 2. The van der Waals surface area contributed by atoms with Crippen LogP contribution in [0, 0.1) is 5.92 Å². The standard InChI is InChI=1S/C23H29N9O12P2/c24-5-10-12-6-39-46(37,38)44-17-13(42-21(15(17)33)31-4-2-9-11(25)1-3-27-18(9)31)7-40-45(35,36)43-16(10)22(41-12)32-8-28-14-19(32)29-23(26)30-20(14)34/h1-4,8,10,12-13,15-17,21-22,33H,5-7,24H2,(H2,25,27)(H,35,36)(H,37,38)(H3,26,29,30,34)/t10-,12-,13-,15-,16-,17-,21-,22-/m1/s1. The summed E-state index contributed by atoms with van der Waals surface area (Å²) in [5.41, 5.74) is 17.7. The number of aliphatic hydroxyl groups excluding tert-OH is 1. The summed E-state index contributed by atoms with van der Waals surface area (Å²) in [5.74, 6) is -1.17. The first-order valence-corrected chi connectivity index (χ1v) is 16.8. The van der Waals surface area contributed by atoms with Crippen LogP contribution in [0.3, 0.4) is 0 Å². The molecular formula is C23H29N9O12P2. The fraction of sp³-hybridized carbons (Fsp3) is 0.478. The molecule has 23 heteroatoms. The lowest BCUT2D eigenvalue weighted by Gasteiger charge is -2.26. The van der Waals surface area contributed by atoms with Crippen LogP contribution in [0.2, 0.25) is 0 Å². The van der Waals surface area contributed by atoms with Crippen LogP contribution in [0.4, 0.5) is 11.6 Å². The Bertz CT molecular complexity index is 1950. The number of aromatic nitrogens is 6. The highest BCUT2D eigenvalue weighted by atomic mass is 31.2. The normalized spacial score (nSPS) is 37.1. The lowest BCUT2D eigenvalue weighted by atomic mass is 9.99. The van der Waals surface area contributed by atoms with Crippen molar-refractivity contribution in [3.8, 4) is 0 Å². The van der Waals surface area contributed by atoms with Gasteiger partial charge in [-0.25, -0.2) is 19.1 Å². The quantitative estimate of drug-likeness (QED) is 0.128. The van der Waals surface area contributed by atoms with Crippen LogP contribution in [0.1, 0.15) is 12.5 Å². The molecule has 4 aromatic rings. The smallest absolute Gasteiger partial charge is 0.398 e. The minimum Gasteiger partial charge on any atom is -0.398 e. The summed E-state index contributed by atoms with van der Waals surface area (Å²) < 4.78 is 62.8. The number of fused-ring (bicyclic) bond motifs is 5. The van der Waals surface area contributed by atoms with Gasteiger partial charge in [-0.05, 0) is 12.1 Å². The molecular weight excluding hydrogens is 656 g/mol. The Morgan fingerprint density at radius 3 is 2.39 bits per heavy atom. The van der Waals surface area contributed by atoms with Crippen molar-refractivity contribution in [3.63, 3.8) is 0 Å². The molecule has 3 saturated heterocycles. The molecule has 4 aromatic heterocycles. The van der Waals surface area contributed by atoms with Crippen LogP contribution in [0.15, 0.2) is 35.6 Å². The summed E-state index contributed by atoms with van der Waals surface area (Å²) in [6, 6.07) is 3.22. The van der Waals surface area contributed by atoms with Crippen molar-refractivity contribution in [2.24, 2.45) is 11.7 Å². The number of pyridine rings is 1. The molecule has 0 aliphatic carbocycles. The van der Waals surface area contributed by atoms with Crippen molar-refractivity contribution in [1.29, 1.82) is 0 Å². The maximum atomic E-state index is 13.4. The maximum absolute atomic E-state index is 13.4. The van der Waals surface area contributed by atoms with Crippen molar-refractivity contribution < 1.29 is 51.6 Å². The van der Waals surface area contributed by atoms with Crippen LogP contribution in [-0.2, 0) is 36.7 Å². The number of H-pyrrole nitrogens is 1. The maximum Gasteiger partial charge on any atom is 0.472 e. The second kappa shape index (κ2) is 11.4. The van der Waals surface area contributed by atoms with E-state index in [0.717, 1.165) is 0 Å². The Morgan fingerprint density at radius 1 is 0.957 bits per heavy atom. The minimum atomic E-state index is -5.00. The molecule has 10 atom stereocenters. The van der Waals surface area contributed by atoms with E-state index < -0.39 is 83.3 Å². The largest absolute Gasteiger partial charge is 0.472 e. The van der Waals surface area contributed by atoms with Crippen molar-refractivity contribution in [2.75, 3.05) is 31.2 Å². The topological polar surface area (TPSA) is 310 Å². The first-order chi connectivity index (χ1) is 21.9. The number of nitrogens with one attached hydrogen (secondary N) is 1. The van der Waals surface area contributed by atoms with Gasteiger partial charge in [-0.2, -0.15) is 4.98 Å². The van der Waals surface area contributed by atoms with E-state index in [1.54, 1.807) is 12.1 Å². The molecule has 10 N–H and O–H groups in total. The monoisotopic (exact) mass is 685 g/mol. The highest BCUT2D eigenvalue weighted by molar-refractivity contribution is 7.47. The lowest BCUT2D eigenvalue weighted by molar-refractivity contribution is -0.0670. The van der Waals surface area contributed by atoms with Crippen LogP contribution in [0.5, 0.6) is 0 Å². The lowest BCUT2D eigenvalue weighted by Crippen LogP contribution is -2.36. The van der Waals surface area contributed by atoms with Crippen LogP contribution in [-0.4, -0.2) is 94.2 Å². The van der Waals surface area contributed by atoms with Crippen molar-refractivity contribution in [3.05, 3.63) is 41.2 Å². The van der Waals surface area contributed by atoms with E-state index in [1.807, 2.05) is 0 Å². The van der Waals surface area contributed by atoms with Crippen LogP contribution < -0.4 is 22.8 Å². The van der Waals surface area contributed by atoms with Crippen molar-refractivity contribution in [2.45, 2.75) is 43.0 Å². The average molecular weight is 685 g/mol. The molecule has 3 aliphatic rings. The highest BCUT2D eigenvalue weighted by Crippen LogP contribution is 2.54. The van der Waals surface area contributed by atoms with Crippen molar-refractivity contribution >= 4 is 49.5 Å². The van der Waals surface area contributed by atoms with Gasteiger partial charge in [0.05, 0.1) is 25.6 Å². The Morgan fingerprint density at radius 2 is 1.65 bits per heavy atom. The molecule has 3 fully saturated rings. The second-order valence-corrected chi connectivity index (χ2v) is 13.6. The third kappa shape index (κ3) is 5.43. The fourth-order valence-electron chi connectivity index (χ4n) is 5.91. The van der Waals surface area contributed by atoms with Gasteiger partial charge in [0.2, 0.25) is 5.95 Å². The minimum absolute atomic E-state index is 0.0424. The van der Waals surface area contributed by atoms with E-state index in [-0.39, 0.29) is 23.7 Å². The Balaban J connectivity index is 1.22. The first kappa shape index (κ1) is 31.3. The summed E-state index contributed by atoms with van der Waals surface area (Å²) in [6.45, 7) is -1.58. The van der Waals surface area contributed by atoms with Gasteiger partial charge in [-0.15, -0.1) is 0 Å². The van der Waals surface area contributed by atoms with Gasteiger partial charge in [0, 0.05) is 35.9 Å². The van der Waals surface area contributed by atoms with E-state index in [2.05, 4.69) is 19.9 Å². The number of imidazole rings is 1. The number of nitrogens with two attached hydrogens (primary N) is 3. The number of hydrogen-bond donors (Lipinski definition) is 7. The summed E-state index contributed by atoms with van der Waals surface area (Å²) in [6.07, 6.45) is -5.49. The zero-order chi connectivity index (χ0) is 32.5. The molecule has 7 heterocycles. The number of aromatic amines is 1. The number of rotatable bonds is 3. The molecule has 248 valence electrons. The van der Waals surface area contributed by atoms with Gasteiger partial charge in [0.1, 0.15) is 30.1 Å². The molecule has 0 aromatic carbocycles. The highest BCUT2D eigenvalue weighted by Gasteiger charge is 2.53. The molecule has 0 saturated carbocycles. The zero-order valence-corrected chi connectivity index (χ0v) is 25.3. The van der Waals surface area contributed by atoms with E-state index in [0.29, 0.717) is 16.7 Å². The fourth-order valence-corrected chi connectivity index (χ4v) is 7.84. The predicted molar refractivity (Wildman–Crippen MR) is 154 cm³/mol. The van der Waals surface area contributed by atoms with E-state index in [1.165, 1.54) is 27.9 Å². The average Bonchev–Trinajstić information content (AvgIpc) is 3.75. The second-order valence-electron chi connectivity index (χ2n) is 10.8. The van der Waals surface area contributed by atoms with Gasteiger partial charge in [-0.3, -0.25) is 32.4 Å². The number of phosphoric acid groups is 2. The molecule has 2 unspecified atom stereocenters. The molecule has 2 bridgehead atoms. The van der Waals surface area contributed by atoms with Crippen LogP contribution >= 0.6 is 15.6 Å². The van der Waals surface area contributed by atoms with Gasteiger partial charge in [-0.1, -0.05) is 0 Å². The third-order valence-electron chi connectivity index (χ3n) is 8.04. The number of aliphatic hydroxyl groups is 1. The van der Waals surface area contributed by atoms with E-state index >= 15 is 0 Å². The molecule has 21 nitrogen and oxygen atoms in total. The number of hydrogen-bond acceptors (Lipinski definition) is 16.